The minimum atomic E-state index is -4.19. The Balaban J connectivity index is 1.74. The van der Waals surface area contributed by atoms with Crippen LogP contribution in [0.2, 0.25) is 5.02 Å². The number of Topliss-reactive ketones (excluding diaryl/α,β-unsaturated/α-hetero) is 1. The molecule has 1 aliphatic rings. The van der Waals surface area contributed by atoms with Gasteiger partial charge in [-0.15, -0.1) is 0 Å². The van der Waals surface area contributed by atoms with E-state index in [9.17, 15) is 18.0 Å². The highest BCUT2D eigenvalue weighted by molar-refractivity contribution is 6.33. The summed E-state index contributed by atoms with van der Waals surface area (Å²) in [6.45, 7) is 1.86. The van der Waals surface area contributed by atoms with Gasteiger partial charge in [0.2, 0.25) is 0 Å². The molecule has 2 aromatic rings. The largest absolute Gasteiger partial charge is 0.401 e. The molecule has 150 valence electrons. The summed E-state index contributed by atoms with van der Waals surface area (Å²) >= 11 is 6.39. The Labute approximate surface area is 167 Å². The van der Waals surface area contributed by atoms with Gasteiger partial charge in [-0.05, 0) is 42.5 Å². The number of alkyl halides is 3. The van der Waals surface area contributed by atoms with E-state index >= 15 is 0 Å². The van der Waals surface area contributed by atoms with Crippen molar-refractivity contribution in [1.29, 1.82) is 0 Å². The fourth-order valence-corrected chi connectivity index (χ4v) is 3.74. The van der Waals surface area contributed by atoms with Crippen molar-refractivity contribution in [2.45, 2.75) is 32.5 Å². The molecule has 1 aliphatic heterocycles. The zero-order valence-corrected chi connectivity index (χ0v) is 16.3. The third-order valence-electron chi connectivity index (χ3n) is 4.97. The average Bonchev–Trinajstić information content (AvgIpc) is 2.82. The van der Waals surface area contributed by atoms with Gasteiger partial charge in [0, 0.05) is 25.2 Å². The number of ketones is 1. The van der Waals surface area contributed by atoms with Crippen LogP contribution in [0.25, 0.3) is 0 Å². The highest BCUT2D eigenvalue weighted by Gasteiger charge is 2.31. The molecule has 3 nitrogen and oxygen atoms in total. The summed E-state index contributed by atoms with van der Waals surface area (Å²) in [6.07, 6.45) is -3.12. The number of hydrogen-bond acceptors (Lipinski definition) is 3. The molecule has 0 aliphatic carbocycles. The molecular weight excluding hydrogens is 389 g/mol. The van der Waals surface area contributed by atoms with Crippen LogP contribution in [-0.2, 0) is 19.4 Å². The van der Waals surface area contributed by atoms with Gasteiger partial charge in [0.25, 0.3) is 0 Å². The van der Waals surface area contributed by atoms with Gasteiger partial charge in [-0.2, -0.15) is 13.2 Å². The van der Waals surface area contributed by atoms with Crippen LogP contribution in [0, 0.1) is 0 Å². The molecule has 0 saturated carbocycles. The molecule has 1 heterocycles. The van der Waals surface area contributed by atoms with Crippen molar-refractivity contribution in [3.05, 3.63) is 63.7 Å². The summed E-state index contributed by atoms with van der Waals surface area (Å²) in [5, 5.41) is 3.90. The Kier molecular flexibility index (Phi) is 6.30. The number of carbonyl (C=O) groups excluding carboxylic acids is 1. The van der Waals surface area contributed by atoms with E-state index in [1.807, 2.05) is 18.2 Å². The number of carbonyl (C=O) groups is 1. The lowest BCUT2D eigenvalue weighted by molar-refractivity contribution is -0.145. The molecule has 0 aromatic heterocycles. The first-order valence-electron chi connectivity index (χ1n) is 9.16. The zero-order valence-electron chi connectivity index (χ0n) is 15.6. The van der Waals surface area contributed by atoms with Gasteiger partial charge in [0.1, 0.15) is 0 Å². The smallest absolute Gasteiger partial charge is 0.380 e. The normalized spacial score (nSPS) is 15.0. The van der Waals surface area contributed by atoms with Gasteiger partial charge in [0.15, 0.2) is 5.78 Å². The maximum Gasteiger partial charge on any atom is 0.401 e. The number of nitrogens with one attached hydrogen (secondary N) is 1. The summed E-state index contributed by atoms with van der Waals surface area (Å²) < 4.78 is 38.2. The summed E-state index contributed by atoms with van der Waals surface area (Å²) in [7, 11) is 0. The predicted molar refractivity (Wildman–Crippen MR) is 105 cm³/mol. The van der Waals surface area contributed by atoms with Crippen molar-refractivity contribution < 1.29 is 18.0 Å². The van der Waals surface area contributed by atoms with Crippen LogP contribution in [-0.4, -0.2) is 36.5 Å². The quantitative estimate of drug-likeness (QED) is 0.694. The molecule has 3 rings (SSSR count). The average molecular weight is 411 g/mol. The van der Waals surface area contributed by atoms with Gasteiger partial charge in [-0.25, -0.2) is 0 Å². The Morgan fingerprint density at radius 2 is 1.79 bits per heavy atom. The predicted octanol–water partition coefficient (Wildman–Crippen LogP) is 5.12. The number of nitrogens with zero attached hydrogens (tertiary/aromatic N) is 1. The van der Waals surface area contributed by atoms with Crippen LogP contribution in [0.1, 0.15) is 34.0 Å². The maximum atomic E-state index is 12.7. The topological polar surface area (TPSA) is 32.3 Å². The lowest BCUT2D eigenvalue weighted by Crippen LogP contribution is -2.35. The van der Waals surface area contributed by atoms with Crippen LogP contribution in [0.3, 0.4) is 0 Å². The molecule has 0 fully saturated rings. The molecule has 2 aromatic carbocycles. The molecule has 7 heteroatoms. The van der Waals surface area contributed by atoms with Gasteiger partial charge in [-0.3, -0.25) is 9.69 Å². The number of halogens is 4. The van der Waals surface area contributed by atoms with E-state index in [-0.39, 0.29) is 5.78 Å². The SMILES string of the molecule is CC(=O)c1ccc(CNc2c(Cl)ccc3c2CCN(CC(F)(F)F)CC3)cc1. The number of hydrogen-bond donors (Lipinski definition) is 1. The van der Waals surface area contributed by atoms with Crippen LogP contribution in [0.5, 0.6) is 0 Å². The monoisotopic (exact) mass is 410 g/mol. The fraction of sp³-hybridized carbons (Fsp3) is 0.381. The van der Waals surface area contributed by atoms with E-state index in [2.05, 4.69) is 5.32 Å². The van der Waals surface area contributed by atoms with Crippen molar-refractivity contribution in [3.8, 4) is 0 Å². The van der Waals surface area contributed by atoms with Crippen LogP contribution >= 0.6 is 11.6 Å². The molecular formula is C21H22ClF3N2O. The van der Waals surface area contributed by atoms with Crippen molar-refractivity contribution in [2.24, 2.45) is 0 Å². The van der Waals surface area contributed by atoms with Crippen LogP contribution < -0.4 is 5.32 Å². The molecule has 1 N–H and O–H groups in total. The first-order chi connectivity index (χ1) is 13.2. The summed E-state index contributed by atoms with van der Waals surface area (Å²) in [6, 6.07) is 11.0. The maximum absolute atomic E-state index is 12.7. The van der Waals surface area contributed by atoms with Crippen molar-refractivity contribution in [1.82, 2.24) is 4.90 Å². The molecule has 0 unspecified atom stereocenters. The summed E-state index contributed by atoms with van der Waals surface area (Å²) in [4.78, 5) is 12.8. The van der Waals surface area contributed by atoms with E-state index in [0.717, 1.165) is 22.4 Å². The first-order valence-corrected chi connectivity index (χ1v) is 9.54. The van der Waals surface area contributed by atoms with Crippen molar-refractivity contribution in [2.75, 3.05) is 25.0 Å². The number of anilines is 1. The van der Waals surface area contributed by atoms with Gasteiger partial charge < -0.3 is 5.32 Å². The van der Waals surface area contributed by atoms with Crippen LogP contribution in [0.4, 0.5) is 18.9 Å². The van der Waals surface area contributed by atoms with Gasteiger partial charge in [-0.1, -0.05) is 41.9 Å². The fourth-order valence-electron chi connectivity index (χ4n) is 3.49. The minimum absolute atomic E-state index is 0.0133. The Morgan fingerprint density at radius 1 is 1.11 bits per heavy atom. The standard InChI is InChI=1S/C21H22ClF3N2O/c1-14(28)16-4-2-15(3-5-16)12-26-20-18-9-11-27(13-21(23,24)25)10-8-17(18)6-7-19(20)22/h2-7,26H,8-13H2,1H3. The second kappa shape index (κ2) is 8.53. The van der Waals surface area contributed by atoms with E-state index in [1.165, 1.54) is 11.8 Å². The van der Waals surface area contributed by atoms with E-state index < -0.39 is 12.7 Å². The Hall–Kier alpha value is -2.05. The summed E-state index contributed by atoms with van der Waals surface area (Å²) in [5.74, 6) is 0.0133. The van der Waals surface area contributed by atoms with Crippen LogP contribution in [0.15, 0.2) is 36.4 Å². The highest BCUT2D eigenvalue weighted by atomic mass is 35.5. The molecule has 0 bridgehead atoms. The third kappa shape index (κ3) is 5.26. The second-order valence-corrected chi connectivity index (χ2v) is 7.47. The van der Waals surface area contributed by atoms with Crippen molar-refractivity contribution >= 4 is 23.1 Å². The zero-order chi connectivity index (χ0) is 20.3. The second-order valence-electron chi connectivity index (χ2n) is 7.06. The molecule has 0 amide bonds. The number of fused-ring (bicyclic) bond motifs is 1. The molecule has 0 spiro atoms. The molecule has 0 atom stereocenters. The summed E-state index contributed by atoms with van der Waals surface area (Å²) in [5.41, 5.74) is 4.44. The van der Waals surface area contributed by atoms with E-state index in [4.69, 9.17) is 11.6 Å². The lowest BCUT2D eigenvalue weighted by atomic mass is 10.0. The van der Waals surface area contributed by atoms with Crippen molar-refractivity contribution in [3.63, 3.8) is 0 Å². The number of benzene rings is 2. The highest BCUT2D eigenvalue weighted by Crippen LogP contribution is 2.32. The Morgan fingerprint density at radius 3 is 2.43 bits per heavy atom. The number of rotatable bonds is 5. The third-order valence-corrected chi connectivity index (χ3v) is 5.28. The molecule has 28 heavy (non-hydrogen) atoms. The first kappa shape index (κ1) is 20.7. The van der Waals surface area contributed by atoms with E-state index in [0.29, 0.717) is 43.1 Å². The van der Waals surface area contributed by atoms with Gasteiger partial charge >= 0.3 is 6.18 Å². The lowest BCUT2D eigenvalue weighted by Gasteiger charge is -2.21. The van der Waals surface area contributed by atoms with Gasteiger partial charge in [0.05, 0.1) is 17.3 Å². The Bertz CT molecular complexity index is 850. The molecule has 0 radical (unpaired) electrons. The molecule has 0 saturated heterocycles. The van der Waals surface area contributed by atoms with E-state index in [1.54, 1.807) is 18.2 Å². The minimum Gasteiger partial charge on any atom is -0.380 e.